The largest absolute Gasteiger partial charge is 0.339 e. The molecule has 1 saturated heterocycles. The van der Waals surface area contributed by atoms with Crippen LogP contribution >= 0.6 is 27.3 Å². The maximum atomic E-state index is 13.2. The Bertz CT molecular complexity index is 1400. The number of pyridine rings is 1. The standard InChI is InChI=1S/C29H24BrN3OS/c1-20-27(23-9-11-26(30)12-10-23)32-28(35-20)24-13-15-33(16-14-24)29(34)25-17-22(18-31-19-25)8-7-21-5-3-2-4-6-21/h2-6,9-12,17-19,24H,13-16H2,1H3. The van der Waals surface area contributed by atoms with Gasteiger partial charge in [0.05, 0.1) is 16.3 Å². The van der Waals surface area contributed by atoms with Gasteiger partial charge in [-0.3, -0.25) is 9.78 Å². The first-order valence-electron chi connectivity index (χ1n) is 11.6. The van der Waals surface area contributed by atoms with Gasteiger partial charge in [0.25, 0.3) is 5.91 Å². The lowest BCUT2D eigenvalue weighted by molar-refractivity contribution is 0.0712. The van der Waals surface area contributed by atoms with Crippen molar-refractivity contribution in [3.8, 4) is 23.1 Å². The summed E-state index contributed by atoms with van der Waals surface area (Å²) in [6.45, 7) is 3.57. The zero-order valence-electron chi connectivity index (χ0n) is 19.4. The van der Waals surface area contributed by atoms with Gasteiger partial charge in [-0.1, -0.05) is 58.1 Å². The molecule has 1 aliphatic rings. The number of aryl methyl sites for hydroxylation is 1. The monoisotopic (exact) mass is 541 g/mol. The maximum Gasteiger partial charge on any atom is 0.255 e. The number of thiazole rings is 1. The summed E-state index contributed by atoms with van der Waals surface area (Å²) in [5, 5.41) is 1.17. The van der Waals surface area contributed by atoms with Crippen LogP contribution in [0.1, 0.15) is 50.1 Å². The fourth-order valence-corrected chi connectivity index (χ4v) is 5.65. The highest BCUT2D eigenvalue weighted by Gasteiger charge is 2.27. The summed E-state index contributed by atoms with van der Waals surface area (Å²) in [6, 6.07) is 20.0. The Morgan fingerprint density at radius 1 is 1.00 bits per heavy atom. The molecule has 2 aromatic heterocycles. The summed E-state index contributed by atoms with van der Waals surface area (Å²) in [5.41, 5.74) is 4.48. The maximum absolute atomic E-state index is 13.2. The third kappa shape index (κ3) is 5.53. The van der Waals surface area contributed by atoms with Gasteiger partial charge in [-0.05, 0) is 50.1 Å². The molecule has 0 saturated carbocycles. The summed E-state index contributed by atoms with van der Waals surface area (Å²) in [6.07, 6.45) is 5.17. The molecule has 4 nitrogen and oxygen atoms in total. The van der Waals surface area contributed by atoms with E-state index in [9.17, 15) is 4.79 Å². The van der Waals surface area contributed by atoms with Crippen LogP contribution in [0.4, 0.5) is 0 Å². The zero-order valence-corrected chi connectivity index (χ0v) is 21.8. The number of nitrogens with zero attached hydrogens (tertiary/aromatic N) is 3. The van der Waals surface area contributed by atoms with E-state index >= 15 is 0 Å². The third-order valence-corrected chi connectivity index (χ3v) is 7.83. The summed E-state index contributed by atoms with van der Waals surface area (Å²) >= 11 is 5.28. The molecule has 3 heterocycles. The van der Waals surface area contributed by atoms with Gasteiger partial charge in [0.15, 0.2) is 0 Å². The summed E-state index contributed by atoms with van der Waals surface area (Å²) in [5.74, 6) is 6.65. The molecule has 6 heteroatoms. The summed E-state index contributed by atoms with van der Waals surface area (Å²) in [7, 11) is 0. The molecule has 1 fully saturated rings. The molecule has 0 aliphatic carbocycles. The number of amides is 1. The Morgan fingerprint density at radius 3 is 2.46 bits per heavy atom. The fourth-order valence-electron chi connectivity index (χ4n) is 4.27. The Balaban J connectivity index is 1.24. The number of piperidine rings is 1. The second kappa shape index (κ2) is 10.6. The van der Waals surface area contributed by atoms with E-state index in [0.717, 1.165) is 52.8 Å². The van der Waals surface area contributed by atoms with Gasteiger partial charge in [0.2, 0.25) is 0 Å². The quantitative estimate of drug-likeness (QED) is 0.271. The number of likely N-dealkylation sites (tertiary alicyclic amines) is 1. The average Bonchev–Trinajstić information content (AvgIpc) is 3.30. The van der Waals surface area contributed by atoms with Gasteiger partial charge in [0.1, 0.15) is 0 Å². The number of benzene rings is 2. The second-order valence-electron chi connectivity index (χ2n) is 8.61. The molecule has 0 atom stereocenters. The number of carbonyl (C=O) groups is 1. The number of hydrogen-bond donors (Lipinski definition) is 0. The summed E-state index contributed by atoms with van der Waals surface area (Å²) in [4.78, 5) is 25.6. The van der Waals surface area contributed by atoms with Gasteiger partial charge < -0.3 is 4.90 Å². The van der Waals surface area contributed by atoms with E-state index in [0.29, 0.717) is 11.5 Å². The van der Waals surface area contributed by atoms with Crippen LogP contribution in [0.2, 0.25) is 0 Å². The first-order chi connectivity index (χ1) is 17.1. The molecule has 35 heavy (non-hydrogen) atoms. The number of hydrogen-bond acceptors (Lipinski definition) is 4. The van der Waals surface area contributed by atoms with Gasteiger partial charge in [-0.2, -0.15) is 0 Å². The van der Waals surface area contributed by atoms with Gasteiger partial charge in [-0.25, -0.2) is 4.98 Å². The number of carbonyl (C=O) groups excluding carboxylic acids is 1. The Hall–Kier alpha value is -3.27. The first kappa shape index (κ1) is 23.5. The van der Waals surface area contributed by atoms with Crippen LogP contribution in [0.25, 0.3) is 11.3 Å². The van der Waals surface area contributed by atoms with E-state index in [4.69, 9.17) is 4.98 Å². The highest BCUT2D eigenvalue weighted by molar-refractivity contribution is 9.10. The Morgan fingerprint density at radius 2 is 1.71 bits per heavy atom. The van der Waals surface area contributed by atoms with Gasteiger partial charge >= 0.3 is 0 Å². The van der Waals surface area contributed by atoms with Crippen LogP contribution in [0.5, 0.6) is 0 Å². The van der Waals surface area contributed by atoms with E-state index in [2.05, 4.69) is 63.9 Å². The van der Waals surface area contributed by atoms with E-state index < -0.39 is 0 Å². The van der Waals surface area contributed by atoms with Crippen molar-refractivity contribution in [1.82, 2.24) is 14.9 Å². The molecule has 0 bridgehead atoms. The van der Waals surface area contributed by atoms with Crippen molar-refractivity contribution >= 4 is 33.2 Å². The third-order valence-electron chi connectivity index (χ3n) is 6.17. The lowest BCUT2D eigenvalue weighted by Crippen LogP contribution is -2.38. The lowest BCUT2D eigenvalue weighted by Gasteiger charge is -2.31. The number of aromatic nitrogens is 2. The van der Waals surface area contributed by atoms with Crippen LogP contribution in [0.15, 0.2) is 77.5 Å². The molecule has 0 unspecified atom stereocenters. The Kier molecular flexibility index (Phi) is 7.08. The van der Waals surface area contributed by atoms with E-state index in [1.54, 1.807) is 23.7 Å². The Labute approximate surface area is 218 Å². The molecular formula is C29H24BrN3OS. The molecule has 174 valence electrons. The summed E-state index contributed by atoms with van der Waals surface area (Å²) < 4.78 is 1.07. The van der Waals surface area contributed by atoms with Crippen LogP contribution < -0.4 is 0 Å². The topological polar surface area (TPSA) is 46.1 Å². The highest BCUT2D eigenvalue weighted by Crippen LogP contribution is 2.36. The predicted octanol–water partition coefficient (Wildman–Crippen LogP) is 6.70. The van der Waals surface area contributed by atoms with Crippen molar-refractivity contribution in [3.05, 3.63) is 104 Å². The van der Waals surface area contributed by atoms with Gasteiger partial charge in [-0.15, -0.1) is 11.3 Å². The van der Waals surface area contributed by atoms with Crippen LogP contribution in [-0.4, -0.2) is 33.9 Å². The lowest BCUT2D eigenvalue weighted by atomic mass is 9.97. The molecule has 5 rings (SSSR count). The molecule has 0 radical (unpaired) electrons. The normalized spacial score (nSPS) is 13.8. The molecule has 2 aromatic carbocycles. The average molecular weight is 543 g/mol. The van der Waals surface area contributed by atoms with Crippen LogP contribution in [0.3, 0.4) is 0 Å². The number of halogens is 1. The van der Waals surface area contributed by atoms with Crippen molar-refractivity contribution in [3.63, 3.8) is 0 Å². The SMILES string of the molecule is Cc1sc(C2CCN(C(=O)c3cncc(C#Cc4ccccc4)c3)CC2)nc1-c1ccc(Br)cc1. The highest BCUT2D eigenvalue weighted by atomic mass is 79.9. The van der Waals surface area contributed by atoms with E-state index in [1.807, 2.05) is 41.3 Å². The van der Waals surface area contributed by atoms with Crippen molar-refractivity contribution in [2.75, 3.05) is 13.1 Å². The number of rotatable bonds is 3. The van der Waals surface area contributed by atoms with Crippen molar-refractivity contribution < 1.29 is 4.79 Å². The predicted molar refractivity (Wildman–Crippen MR) is 145 cm³/mol. The van der Waals surface area contributed by atoms with E-state index in [1.165, 1.54) is 9.88 Å². The van der Waals surface area contributed by atoms with Crippen molar-refractivity contribution in [2.24, 2.45) is 0 Å². The van der Waals surface area contributed by atoms with Crippen LogP contribution in [0, 0.1) is 18.8 Å². The molecule has 0 N–H and O–H groups in total. The van der Waals surface area contributed by atoms with Crippen LogP contribution in [-0.2, 0) is 0 Å². The molecule has 1 aliphatic heterocycles. The minimum absolute atomic E-state index is 0.0187. The molecule has 1 amide bonds. The molecule has 4 aromatic rings. The van der Waals surface area contributed by atoms with E-state index in [-0.39, 0.29) is 5.91 Å². The van der Waals surface area contributed by atoms with Gasteiger partial charge in [0, 0.05) is 57.4 Å². The van der Waals surface area contributed by atoms with Crippen molar-refractivity contribution in [2.45, 2.75) is 25.7 Å². The molecule has 0 spiro atoms. The minimum Gasteiger partial charge on any atom is -0.339 e. The molecular weight excluding hydrogens is 518 g/mol. The fraction of sp³-hybridized carbons (Fsp3) is 0.207. The first-order valence-corrected chi connectivity index (χ1v) is 13.2. The smallest absolute Gasteiger partial charge is 0.255 e. The zero-order chi connectivity index (χ0) is 24.2. The minimum atomic E-state index is 0.0187. The van der Waals surface area contributed by atoms with Crippen molar-refractivity contribution in [1.29, 1.82) is 0 Å². The second-order valence-corrected chi connectivity index (χ2v) is 10.8.